The van der Waals surface area contributed by atoms with Crippen molar-refractivity contribution in [2.75, 3.05) is 13.1 Å². The fourth-order valence-corrected chi connectivity index (χ4v) is 1.69. The lowest BCUT2D eigenvalue weighted by atomic mass is 10.2. The van der Waals surface area contributed by atoms with E-state index in [1.54, 1.807) is 17.2 Å². The Kier molecular flexibility index (Phi) is 6.71. The minimum atomic E-state index is -0.0285. The monoisotopic (exact) mass is 266 g/mol. The smallest absolute Gasteiger partial charge is 0.220 e. The van der Waals surface area contributed by atoms with Crippen LogP contribution < -0.4 is 5.32 Å². The van der Waals surface area contributed by atoms with E-state index in [4.69, 9.17) is 4.42 Å². The maximum atomic E-state index is 11.5. The van der Waals surface area contributed by atoms with E-state index in [2.05, 4.69) is 5.32 Å². The summed E-state index contributed by atoms with van der Waals surface area (Å²) in [5.74, 6) is 0.759. The van der Waals surface area contributed by atoms with Crippen LogP contribution in [0.3, 0.4) is 0 Å². The van der Waals surface area contributed by atoms with Gasteiger partial charge in [0.05, 0.1) is 12.8 Å². The summed E-state index contributed by atoms with van der Waals surface area (Å²) < 4.78 is 5.21. The molecule has 1 heterocycles. The predicted octanol–water partition coefficient (Wildman–Crippen LogP) is 1.93. The zero-order valence-electron chi connectivity index (χ0n) is 11.6. The van der Waals surface area contributed by atoms with Gasteiger partial charge < -0.3 is 14.6 Å². The topological polar surface area (TPSA) is 62.6 Å². The molecule has 5 nitrogen and oxygen atoms in total. The number of carbonyl (C=O) groups excluding carboxylic acids is 2. The van der Waals surface area contributed by atoms with E-state index in [0.717, 1.165) is 18.6 Å². The van der Waals surface area contributed by atoms with Crippen LogP contribution in [0.15, 0.2) is 22.8 Å². The lowest BCUT2D eigenvalue weighted by molar-refractivity contribution is -0.130. The third kappa shape index (κ3) is 6.08. The Morgan fingerprint density at radius 1 is 1.42 bits per heavy atom. The van der Waals surface area contributed by atoms with Crippen LogP contribution in [0.4, 0.5) is 0 Å². The summed E-state index contributed by atoms with van der Waals surface area (Å²) in [6.45, 7) is 4.97. The summed E-state index contributed by atoms with van der Waals surface area (Å²) in [6, 6.07) is 3.62. The van der Waals surface area contributed by atoms with Gasteiger partial charge in [-0.1, -0.05) is 13.3 Å². The molecule has 1 aromatic rings. The molecule has 106 valence electrons. The molecule has 0 atom stereocenters. The lowest BCUT2D eigenvalue weighted by Crippen LogP contribution is -2.37. The molecule has 1 N–H and O–H groups in total. The molecule has 5 heteroatoms. The van der Waals surface area contributed by atoms with E-state index in [1.807, 2.05) is 13.0 Å². The minimum Gasteiger partial charge on any atom is -0.467 e. The highest BCUT2D eigenvalue weighted by atomic mass is 16.3. The van der Waals surface area contributed by atoms with Gasteiger partial charge in [0.25, 0.3) is 0 Å². The third-order valence-electron chi connectivity index (χ3n) is 2.83. The normalized spacial score (nSPS) is 10.2. The van der Waals surface area contributed by atoms with Crippen molar-refractivity contribution in [1.29, 1.82) is 0 Å². The van der Waals surface area contributed by atoms with E-state index >= 15 is 0 Å². The van der Waals surface area contributed by atoms with Crippen LogP contribution in [0, 0.1) is 0 Å². The molecular weight excluding hydrogens is 244 g/mol. The van der Waals surface area contributed by atoms with Crippen molar-refractivity contribution in [2.45, 2.75) is 39.7 Å². The van der Waals surface area contributed by atoms with E-state index in [-0.39, 0.29) is 11.8 Å². The van der Waals surface area contributed by atoms with Crippen molar-refractivity contribution in [1.82, 2.24) is 10.2 Å². The van der Waals surface area contributed by atoms with Gasteiger partial charge in [-0.05, 0) is 18.6 Å². The summed E-state index contributed by atoms with van der Waals surface area (Å²) in [6.07, 6.45) is 4.04. The number of nitrogens with zero attached hydrogens (tertiary/aromatic N) is 1. The lowest BCUT2D eigenvalue weighted by Gasteiger charge is -2.20. The average molecular weight is 266 g/mol. The van der Waals surface area contributed by atoms with Crippen molar-refractivity contribution < 1.29 is 14.0 Å². The van der Waals surface area contributed by atoms with Gasteiger partial charge in [0.1, 0.15) is 5.76 Å². The predicted molar refractivity (Wildman–Crippen MR) is 72.3 cm³/mol. The van der Waals surface area contributed by atoms with Crippen LogP contribution in [-0.4, -0.2) is 29.8 Å². The second kappa shape index (κ2) is 8.34. The molecule has 0 spiro atoms. The Morgan fingerprint density at radius 2 is 2.21 bits per heavy atom. The van der Waals surface area contributed by atoms with Crippen LogP contribution in [0.25, 0.3) is 0 Å². The Balaban J connectivity index is 2.30. The summed E-state index contributed by atoms with van der Waals surface area (Å²) in [4.78, 5) is 24.6. The van der Waals surface area contributed by atoms with Crippen LogP contribution in [0.2, 0.25) is 0 Å². The number of rotatable bonds is 8. The zero-order valence-corrected chi connectivity index (χ0v) is 11.6. The van der Waals surface area contributed by atoms with Gasteiger partial charge in [-0.25, -0.2) is 0 Å². The molecule has 0 aliphatic carbocycles. The van der Waals surface area contributed by atoms with Gasteiger partial charge in [-0.2, -0.15) is 0 Å². The molecule has 0 saturated carbocycles. The largest absolute Gasteiger partial charge is 0.467 e. The van der Waals surface area contributed by atoms with Crippen molar-refractivity contribution in [3.63, 3.8) is 0 Å². The molecular formula is C14H22N2O3. The van der Waals surface area contributed by atoms with Gasteiger partial charge >= 0.3 is 0 Å². The molecule has 0 aromatic carbocycles. The molecule has 0 fully saturated rings. The first kappa shape index (κ1) is 15.3. The molecule has 2 amide bonds. The standard InChI is InChI=1S/C14H22N2O3/c1-3-4-7-14(18)15-8-9-16(12(2)17)11-13-6-5-10-19-13/h5-6,10H,3-4,7-9,11H2,1-2H3,(H,15,18). The van der Waals surface area contributed by atoms with Gasteiger partial charge in [-0.3, -0.25) is 9.59 Å². The molecule has 0 bridgehead atoms. The number of furan rings is 1. The van der Waals surface area contributed by atoms with E-state index in [9.17, 15) is 9.59 Å². The van der Waals surface area contributed by atoms with Gasteiger partial charge in [-0.15, -0.1) is 0 Å². The number of unbranched alkanes of at least 4 members (excludes halogenated alkanes) is 1. The second-order valence-electron chi connectivity index (χ2n) is 4.47. The first-order valence-corrected chi connectivity index (χ1v) is 6.68. The molecule has 0 aliphatic heterocycles. The number of hydrogen-bond donors (Lipinski definition) is 1. The molecule has 0 aliphatic rings. The van der Waals surface area contributed by atoms with E-state index < -0.39 is 0 Å². The molecule has 1 aromatic heterocycles. The van der Waals surface area contributed by atoms with Crippen LogP contribution in [-0.2, 0) is 16.1 Å². The highest BCUT2D eigenvalue weighted by molar-refractivity contribution is 5.76. The van der Waals surface area contributed by atoms with Crippen LogP contribution in [0.1, 0.15) is 38.9 Å². The number of amides is 2. The fraction of sp³-hybridized carbons (Fsp3) is 0.571. The van der Waals surface area contributed by atoms with Crippen LogP contribution in [0.5, 0.6) is 0 Å². The van der Waals surface area contributed by atoms with Crippen molar-refractivity contribution in [2.24, 2.45) is 0 Å². The van der Waals surface area contributed by atoms with E-state index in [0.29, 0.717) is 26.1 Å². The van der Waals surface area contributed by atoms with Crippen molar-refractivity contribution in [3.8, 4) is 0 Å². The van der Waals surface area contributed by atoms with Gasteiger partial charge in [0.2, 0.25) is 11.8 Å². The minimum absolute atomic E-state index is 0.0285. The maximum absolute atomic E-state index is 11.5. The Bertz CT molecular complexity index is 387. The van der Waals surface area contributed by atoms with Crippen molar-refractivity contribution in [3.05, 3.63) is 24.2 Å². The third-order valence-corrected chi connectivity index (χ3v) is 2.83. The molecule has 19 heavy (non-hydrogen) atoms. The quantitative estimate of drug-likeness (QED) is 0.782. The highest BCUT2D eigenvalue weighted by Gasteiger charge is 2.11. The first-order chi connectivity index (χ1) is 9.13. The summed E-state index contributed by atoms with van der Waals surface area (Å²) in [5, 5.41) is 2.82. The number of nitrogens with one attached hydrogen (secondary N) is 1. The summed E-state index contributed by atoms with van der Waals surface area (Å²) >= 11 is 0. The van der Waals surface area contributed by atoms with E-state index in [1.165, 1.54) is 6.92 Å². The summed E-state index contributed by atoms with van der Waals surface area (Å²) in [5.41, 5.74) is 0. The Hall–Kier alpha value is -1.78. The molecule has 0 unspecified atom stereocenters. The Labute approximate surface area is 114 Å². The maximum Gasteiger partial charge on any atom is 0.220 e. The summed E-state index contributed by atoms with van der Waals surface area (Å²) in [7, 11) is 0. The second-order valence-corrected chi connectivity index (χ2v) is 4.47. The van der Waals surface area contributed by atoms with Gasteiger partial charge in [0, 0.05) is 26.4 Å². The highest BCUT2D eigenvalue weighted by Crippen LogP contribution is 2.05. The Morgan fingerprint density at radius 3 is 2.79 bits per heavy atom. The zero-order chi connectivity index (χ0) is 14.1. The van der Waals surface area contributed by atoms with Gasteiger partial charge in [0.15, 0.2) is 0 Å². The number of hydrogen-bond acceptors (Lipinski definition) is 3. The molecule has 0 radical (unpaired) electrons. The van der Waals surface area contributed by atoms with Crippen molar-refractivity contribution >= 4 is 11.8 Å². The average Bonchev–Trinajstić information content (AvgIpc) is 2.87. The fourth-order valence-electron chi connectivity index (χ4n) is 1.69. The van der Waals surface area contributed by atoms with Crippen LogP contribution >= 0.6 is 0 Å². The SMILES string of the molecule is CCCCC(=O)NCCN(Cc1ccco1)C(C)=O. The number of carbonyl (C=O) groups is 2. The molecule has 0 saturated heterocycles. The molecule has 1 rings (SSSR count). The first-order valence-electron chi connectivity index (χ1n) is 6.68.